The molecule has 10 heavy (non-hydrogen) atoms. The van der Waals surface area contributed by atoms with Gasteiger partial charge in [0.1, 0.15) is 0 Å². The molecule has 0 amide bonds. The van der Waals surface area contributed by atoms with Crippen LogP contribution in [-0.2, 0) is 0 Å². The van der Waals surface area contributed by atoms with Crippen molar-refractivity contribution in [3.05, 3.63) is 30.8 Å². The van der Waals surface area contributed by atoms with Gasteiger partial charge in [0, 0.05) is 13.1 Å². The Morgan fingerprint density at radius 1 is 1.50 bits per heavy atom. The van der Waals surface area contributed by atoms with Crippen LogP contribution in [0.15, 0.2) is 16.6 Å². The highest BCUT2D eigenvalue weighted by Gasteiger charge is 1.99. The lowest BCUT2D eigenvalue weighted by Gasteiger charge is -1.99. The van der Waals surface area contributed by atoms with Crippen LogP contribution in [0.4, 0.5) is 0 Å². The molecule has 54 valence electrons. The van der Waals surface area contributed by atoms with Crippen molar-refractivity contribution in [2.75, 3.05) is 0 Å². The van der Waals surface area contributed by atoms with E-state index in [4.69, 9.17) is 11.6 Å². The Hall–Kier alpha value is 0.720. The third kappa shape index (κ3) is 1.86. The second-order valence-corrected chi connectivity index (χ2v) is 4.44. The largest absolute Gasteiger partial charge is 0.0840 e. The molecule has 0 nitrogen and oxygen atoms in total. The lowest BCUT2D eigenvalue weighted by molar-refractivity contribution is 1.43. The minimum atomic E-state index is 0.826. The fourth-order valence-corrected chi connectivity index (χ4v) is 1.89. The molecule has 0 heterocycles. The van der Waals surface area contributed by atoms with Gasteiger partial charge < -0.3 is 0 Å². The molecule has 3 heteroatoms. The van der Waals surface area contributed by atoms with Crippen molar-refractivity contribution in [3.63, 3.8) is 0 Å². The van der Waals surface area contributed by atoms with Gasteiger partial charge >= 0.3 is 0 Å². The van der Waals surface area contributed by atoms with Gasteiger partial charge in [0.25, 0.3) is 0 Å². The summed E-state index contributed by atoms with van der Waals surface area (Å²) >= 11 is 11.5. The zero-order chi connectivity index (χ0) is 7.72. The second-order valence-electron chi connectivity index (χ2n) is 2.02. The lowest BCUT2D eigenvalue weighted by atomic mass is 10.2. The summed E-state index contributed by atoms with van der Waals surface area (Å²) in [5.41, 5.74) is 1.11. The van der Waals surface area contributed by atoms with Crippen LogP contribution in [0.3, 0.4) is 0 Å². The van der Waals surface area contributed by atoms with Crippen molar-refractivity contribution in [2.24, 2.45) is 0 Å². The van der Waals surface area contributed by atoms with Crippen molar-refractivity contribution >= 4 is 50.1 Å². The van der Waals surface area contributed by atoms with Gasteiger partial charge in [-0.15, -0.1) is 0 Å². The first kappa shape index (κ1) is 8.81. The van der Waals surface area contributed by atoms with Crippen LogP contribution >= 0.6 is 50.1 Å². The van der Waals surface area contributed by atoms with E-state index in [2.05, 4.69) is 38.5 Å². The van der Waals surface area contributed by atoms with E-state index in [9.17, 15) is 0 Å². The molecular formula is C7H5BrClI. The van der Waals surface area contributed by atoms with Gasteiger partial charge in [0.05, 0.1) is 0 Å². The fourth-order valence-electron chi connectivity index (χ4n) is 0.622. The SMILES string of the molecule is Cc1cc(Br)c(I)cc1Cl. The highest BCUT2D eigenvalue weighted by Crippen LogP contribution is 2.25. The molecule has 0 fully saturated rings. The number of rotatable bonds is 0. The summed E-state index contributed by atoms with van der Waals surface area (Å²) in [7, 11) is 0. The second kappa shape index (κ2) is 3.41. The van der Waals surface area contributed by atoms with Gasteiger partial charge in [-0.25, -0.2) is 0 Å². The van der Waals surface area contributed by atoms with E-state index in [1.54, 1.807) is 0 Å². The Labute approximate surface area is 87.2 Å². The molecule has 0 aromatic heterocycles. The Morgan fingerprint density at radius 2 is 2.10 bits per heavy atom. The molecule has 0 saturated carbocycles. The van der Waals surface area contributed by atoms with Crippen molar-refractivity contribution in [3.8, 4) is 0 Å². The van der Waals surface area contributed by atoms with Gasteiger partial charge in [-0.05, 0) is 63.1 Å². The quantitative estimate of drug-likeness (QED) is 0.498. The van der Waals surface area contributed by atoms with Gasteiger partial charge in [-0.3, -0.25) is 0 Å². The number of halogens is 3. The smallest absolute Gasteiger partial charge is 0.0446 e. The molecular weight excluding hydrogens is 326 g/mol. The van der Waals surface area contributed by atoms with Crippen LogP contribution in [0, 0.1) is 10.5 Å². The molecule has 0 unspecified atom stereocenters. The summed E-state index contributed by atoms with van der Waals surface area (Å²) in [6.07, 6.45) is 0. The molecule has 0 saturated heterocycles. The van der Waals surface area contributed by atoms with E-state index in [1.807, 2.05) is 19.1 Å². The van der Waals surface area contributed by atoms with Gasteiger partial charge in [0.2, 0.25) is 0 Å². The Kier molecular flexibility index (Phi) is 3.01. The van der Waals surface area contributed by atoms with Crippen molar-refractivity contribution in [2.45, 2.75) is 6.92 Å². The van der Waals surface area contributed by atoms with Crippen LogP contribution in [0.1, 0.15) is 5.56 Å². The first-order chi connectivity index (χ1) is 4.61. The zero-order valence-electron chi connectivity index (χ0n) is 5.29. The molecule has 0 spiro atoms. The minimum absolute atomic E-state index is 0.826. The molecule has 0 aliphatic heterocycles. The molecule has 1 aromatic carbocycles. The van der Waals surface area contributed by atoms with Crippen LogP contribution in [0.25, 0.3) is 0 Å². The van der Waals surface area contributed by atoms with Gasteiger partial charge in [-0.2, -0.15) is 0 Å². The molecule has 0 aliphatic rings. The highest BCUT2D eigenvalue weighted by atomic mass is 127. The Bertz CT molecular complexity index is 210. The van der Waals surface area contributed by atoms with E-state index in [0.29, 0.717) is 0 Å². The van der Waals surface area contributed by atoms with Crippen molar-refractivity contribution < 1.29 is 0 Å². The predicted octanol–water partition coefficient (Wildman–Crippen LogP) is 4.02. The van der Waals surface area contributed by atoms with Gasteiger partial charge in [0.15, 0.2) is 0 Å². The first-order valence-electron chi connectivity index (χ1n) is 2.72. The minimum Gasteiger partial charge on any atom is -0.0840 e. The summed E-state index contributed by atoms with van der Waals surface area (Å²) < 4.78 is 2.25. The number of hydrogen-bond acceptors (Lipinski definition) is 0. The predicted molar refractivity (Wildman–Crippen MR) is 56.6 cm³/mol. The Balaban J connectivity index is 3.28. The summed E-state index contributed by atoms with van der Waals surface area (Å²) in [5, 5.41) is 0.826. The average Bonchev–Trinajstić information content (AvgIpc) is 1.84. The highest BCUT2D eigenvalue weighted by molar-refractivity contribution is 14.1. The standard InChI is InChI=1S/C7H5BrClI/c1-4-2-5(8)7(10)3-6(4)9/h2-3H,1H3. The maximum atomic E-state index is 5.86. The van der Waals surface area contributed by atoms with E-state index >= 15 is 0 Å². The van der Waals surface area contributed by atoms with Crippen LogP contribution in [0.2, 0.25) is 5.02 Å². The topological polar surface area (TPSA) is 0 Å². The van der Waals surface area contributed by atoms with E-state index < -0.39 is 0 Å². The lowest BCUT2D eigenvalue weighted by Crippen LogP contribution is -1.78. The summed E-state index contributed by atoms with van der Waals surface area (Å²) in [4.78, 5) is 0. The van der Waals surface area contributed by atoms with E-state index in [0.717, 1.165) is 18.6 Å². The first-order valence-corrected chi connectivity index (χ1v) is 4.97. The molecule has 0 atom stereocenters. The summed E-state index contributed by atoms with van der Waals surface area (Å²) in [5.74, 6) is 0. The summed E-state index contributed by atoms with van der Waals surface area (Å²) in [6.45, 7) is 1.99. The van der Waals surface area contributed by atoms with Crippen LogP contribution in [-0.4, -0.2) is 0 Å². The Morgan fingerprint density at radius 3 is 2.60 bits per heavy atom. The maximum Gasteiger partial charge on any atom is 0.0446 e. The monoisotopic (exact) mass is 330 g/mol. The molecule has 0 N–H and O–H groups in total. The van der Waals surface area contributed by atoms with Crippen molar-refractivity contribution in [1.82, 2.24) is 0 Å². The van der Waals surface area contributed by atoms with E-state index in [-0.39, 0.29) is 0 Å². The van der Waals surface area contributed by atoms with Crippen molar-refractivity contribution in [1.29, 1.82) is 0 Å². The summed E-state index contributed by atoms with van der Waals surface area (Å²) in [6, 6.07) is 3.96. The number of hydrogen-bond donors (Lipinski definition) is 0. The molecule has 0 aliphatic carbocycles. The average molecular weight is 331 g/mol. The molecule has 1 aromatic rings. The fraction of sp³-hybridized carbons (Fsp3) is 0.143. The third-order valence-corrected chi connectivity index (χ3v) is 3.90. The van der Waals surface area contributed by atoms with E-state index in [1.165, 1.54) is 0 Å². The van der Waals surface area contributed by atoms with Crippen LogP contribution < -0.4 is 0 Å². The van der Waals surface area contributed by atoms with Crippen LogP contribution in [0.5, 0.6) is 0 Å². The van der Waals surface area contributed by atoms with Gasteiger partial charge in [-0.1, -0.05) is 11.6 Å². The molecule has 0 bridgehead atoms. The number of benzene rings is 1. The zero-order valence-corrected chi connectivity index (χ0v) is 9.79. The molecule has 1 rings (SSSR count). The number of aryl methyl sites for hydroxylation is 1. The maximum absolute atomic E-state index is 5.86. The molecule has 0 radical (unpaired) electrons. The third-order valence-electron chi connectivity index (χ3n) is 1.20. The normalized spacial score (nSPS) is 10.0.